The van der Waals surface area contributed by atoms with Gasteiger partial charge in [-0.15, -0.1) is 0 Å². The van der Waals surface area contributed by atoms with Gasteiger partial charge in [0, 0.05) is 19.1 Å². The van der Waals surface area contributed by atoms with E-state index in [1.807, 2.05) is 0 Å². The van der Waals surface area contributed by atoms with Crippen LogP contribution in [0.3, 0.4) is 0 Å². The number of alkyl carbamates (subject to hydrolysis) is 1. The van der Waals surface area contributed by atoms with Gasteiger partial charge in [0.25, 0.3) is 0 Å². The van der Waals surface area contributed by atoms with Gasteiger partial charge in [0.15, 0.2) is 0 Å². The van der Waals surface area contributed by atoms with Gasteiger partial charge in [0.2, 0.25) is 10.0 Å². The molecular weight excluding hydrogens is 347 g/mol. The van der Waals surface area contributed by atoms with Crippen molar-refractivity contribution in [1.82, 2.24) is 9.62 Å². The Morgan fingerprint density at radius 1 is 1.32 bits per heavy atom. The first kappa shape index (κ1) is 19.7. The Balaban J connectivity index is 2.13. The molecule has 1 heterocycles. The summed E-state index contributed by atoms with van der Waals surface area (Å²) in [5.41, 5.74) is -0.629. The fraction of sp³-hybridized carbons (Fsp3) is 0.588. The first-order valence-corrected chi connectivity index (χ1v) is 9.78. The molecule has 1 aromatic carbocycles. The predicted octanol–water partition coefficient (Wildman–Crippen LogP) is 2.89. The van der Waals surface area contributed by atoms with Crippen LogP contribution in [0.15, 0.2) is 29.2 Å². The normalized spacial score (nSPS) is 19.4. The van der Waals surface area contributed by atoms with Crippen molar-refractivity contribution in [2.75, 3.05) is 13.1 Å². The summed E-state index contributed by atoms with van der Waals surface area (Å²) in [5, 5.41) is 2.62. The SMILES string of the molecule is CC(C)(C)OC(=O)NCC1CCCCN1S(=O)(=O)c1ccccc1F. The molecule has 1 aromatic rings. The Kier molecular flexibility index (Phi) is 6.05. The average molecular weight is 372 g/mol. The van der Waals surface area contributed by atoms with Gasteiger partial charge in [-0.05, 0) is 45.7 Å². The van der Waals surface area contributed by atoms with Gasteiger partial charge in [0.1, 0.15) is 16.3 Å². The molecular formula is C17H25FN2O4S. The van der Waals surface area contributed by atoms with Crippen LogP contribution in [0.2, 0.25) is 0 Å². The number of halogens is 1. The summed E-state index contributed by atoms with van der Waals surface area (Å²) in [7, 11) is -3.96. The molecule has 1 atom stereocenters. The third-order valence-electron chi connectivity index (χ3n) is 3.88. The summed E-state index contributed by atoms with van der Waals surface area (Å²) in [6.45, 7) is 5.69. The van der Waals surface area contributed by atoms with E-state index in [1.54, 1.807) is 20.8 Å². The van der Waals surface area contributed by atoms with E-state index in [4.69, 9.17) is 4.74 Å². The van der Waals surface area contributed by atoms with Crippen molar-refractivity contribution in [3.8, 4) is 0 Å². The number of hydrogen-bond donors (Lipinski definition) is 1. The van der Waals surface area contributed by atoms with Gasteiger partial charge in [-0.25, -0.2) is 17.6 Å². The molecule has 0 aliphatic carbocycles. The number of piperidine rings is 1. The highest BCUT2D eigenvalue weighted by atomic mass is 32.2. The Hall–Kier alpha value is -1.67. The van der Waals surface area contributed by atoms with Crippen molar-refractivity contribution in [2.24, 2.45) is 0 Å². The molecule has 1 saturated heterocycles. The quantitative estimate of drug-likeness (QED) is 0.882. The number of rotatable bonds is 4. The molecule has 0 radical (unpaired) electrons. The maximum atomic E-state index is 14.0. The summed E-state index contributed by atoms with van der Waals surface area (Å²) in [4.78, 5) is 11.5. The second-order valence-electron chi connectivity index (χ2n) is 7.08. The van der Waals surface area contributed by atoms with Crippen LogP contribution in [0, 0.1) is 5.82 Å². The average Bonchev–Trinajstić information content (AvgIpc) is 2.52. The zero-order valence-corrected chi connectivity index (χ0v) is 15.6. The molecule has 8 heteroatoms. The number of nitrogens with zero attached hydrogens (tertiary/aromatic N) is 1. The Labute approximate surface area is 148 Å². The highest BCUT2D eigenvalue weighted by Gasteiger charge is 2.35. The van der Waals surface area contributed by atoms with Crippen molar-refractivity contribution in [3.05, 3.63) is 30.1 Å². The fourth-order valence-electron chi connectivity index (χ4n) is 2.79. The van der Waals surface area contributed by atoms with Crippen molar-refractivity contribution in [3.63, 3.8) is 0 Å². The van der Waals surface area contributed by atoms with Crippen LogP contribution in [-0.4, -0.2) is 43.5 Å². The Bertz CT molecular complexity index is 716. The van der Waals surface area contributed by atoms with E-state index >= 15 is 0 Å². The van der Waals surface area contributed by atoms with E-state index in [0.717, 1.165) is 12.5 Å². The van der Waals surface area contributed by atoms with Gasteiger partial charge in [-0.3, -0.25) is 0 Å². The van der Waals surface area contributed by atoms with Crippen molar-refractivity contribution in [2.45, 2.75) is 56.6 Å². The maximum Gasteiger partial charge on any atom is 0.407 e. The minimum atomic E-state index is -3.96. The maximum absolute atomic E-state index is 14.0. The Morgan fingerprint density at radius 3 is 2.64 bits per heavy atom. The van der Waals surface area contributed by atoms with Crippen molar-refractivity contribution >= 4 is 16.1 Å². The number of sulfonamides is 1. The van der Waals surface area contributed by atoms with Gasteiger partial charge < -0.3 is 10.1 Å². The standard InChI is InChI=1S/C17H25FN2O4S/c1-17(2,3)24-16(21)19-12-13-8-6-7-11-20(13)25(22,23)15-10-5-4-9-14(15)18/h4-5,9-10,13H,6-8,11-12H2,1-3H3,(H,19,21). The number of hydrogen-bond acceptors (Lipinski definition) is 4. The molecule has 0 saturated carbocycles. The molecule has 0 aromatic heterocycles. The van der Waals surface area contributed by atoms with Crippen LogP contribution >= 0.6 is 0 Å². The molecule has 1 aliphatic rings. The van der Waals surface area contributed by atoms with Crippen LogP contribution in [0.25, 0.3) is 0 Å². The molecule has 0 bridgehead atoms. The monoisotopic (exact) mass is 372 g/mol. The third-order valence-corrected chi connectivity index (χ3v) is 5.86. The minimum absolute atomic E-state index is 0.128. The Morgan fingerprint density at radius 2 is 2.00 bits per heavy atom. The molecule has 1 N–H and O–H groups in total. The van der Waals surface area contributed by atoms with E-state index in [-0.39, 0.29) is 11.4 Å². The second kappa shape index (κ2) is 7.70. The molecule has 0 spiro atoms. The lowest BCUT2D eigenvalue weighted by Gasteiger charge is -2.35. The van der Waals surface area contributed by atoms with Crippen LogP contribution in [0.1, 0.15) is 40.0 Å². The zero-order chi connectivity index (χ0) is 18.7. The molecule has 1 unspecified atom stereocenters. The van der Waals surface area contributed by atoms with E-state index in [2.05, 4.69) is 5.32 Å². The number of amides is 1. The smallest absolute Gasteiger partial charge is 0.407 e. The van der Waals surface area contributed by atoms with Crippen LogP contribution in [0.4, 0.5) is 9.18 Å². The molecule has 1 aliphatic heterocycles. The van der Waals surface area contributed by atoms with E-state index < -0.39 is 33.6 Å². The lowest BCUT2D eigenvalue weighted by Crippen LogP contribution is -2.50. The number of ether oxygens (including phenoxy) is 1. The fourth-order valence-corrected chi connectivity index (χ4v) is 4.55. The number of nitrogens with one attached hydrogen (secondary N) is 1. The van der Waals surface area contributed by atoms with Gasteiger partial charge >= 0.3 is 6.09 Å². The molecule has 6 nitrogen and oxygen atoms in total. The highest BCUT2D eigenvalue weighted by molar-refractivity contribution is 7.89. The van der Waals surface area contributed by atoms with Gasteiger partial charge in [-0.2, -0.15) is 4.31 Å². The van der Waals surface area contributed by atoms with E-state index in [9.17, 15) is 17.6 Å². The number of benzene rings is 1. The number of carbonyl (C=O) groups is 1. The lowest BCUT2D eigenvalue weighted by molar-refractivity contribution is 0.0512. The summed E-state index contributed by atoms with van der Waals surface area (Å²) >= 11 is 0. The highest BCUT2D eigenvalue weighted by Crippen LogP contribution is 2.26. The van der Waals surface area contributed by atoms with Gasteiger partial charge in [0.05, 0.1) is 0 Å². The summed E-state index contributed by atoms with van der Waals surface area (Å²) in [6, 6.07) is 4.91. The predicted molar refractivity (Wildman–Crippen MR) is 92.2 cm³/mol. The van der Waals surface area contributed by atoms with E-state index in [1.165, 1.54) is 22.5 Å². The first-order valence-electron chi connectivity index (χ1n) is 8.34. The molecule has 2 rings (SSSR count). The van der Waals surface area contributed by atoms with Crippen LogP contribution < -0.4 is 5.32 Å². The van der Waals surface area contributed by atoms with Gasteiger partial charge in [-0.1, -0.05) is 18.6 Å². The van der Waals surface area contributed by atoms with Crippen molar-refractivity contribution in [1.29, 1.82) is 0 Å². The topological polar surface area (TPSA) is 75.7 Å². The summed E-state index contributed by atoms with van der Waals surface area (Å²) in [6.07, 6.45) is 1.56. The second-order valence-corrected chi connectivity index (χ2v) is 8.94. The number of carbonyl (C=O) groups excluding carboxylic acids is 1. The molecule has 1 fully saturated rings. The largest absolute Gasteiger partial charge is 0.444 e. The summed E-state index contributed by atoms with van der Waals surface area (Å²) in [5.74, 6) is -0.771. The molecule has 140 valence electrons. The first-order chi connectivity index (χ1) is 11.6. The van der Waals surface area contributed by atoms with Crippen LogP contribution in [-0.2, 0) is 14.8 Å². The lowest BCUT2D eigenvalue weighted by atomic mass is 10.1. The zero-order valence-electron chi connectivity index (χ0n) is 14.8. The minimum Gasteiger partial charge on any atom is -0.444 e. The van der Waals surface area contributed by atoms with E-state index in [0.29, 0.717) is 19.4 Å². The third kappa shape index (κ3) is 5.15. The summed E-state index contributed by atoms with van der Waals surface area (Å²) < 4.78 is 46.1. The molecule has 1 amide bonds. The van der Waals surface area contributed by atoms with Crippen LogP contribution in [0.5, 0.6) is 0 Å². The molecule has 25 heavy (non-hydrogen) atoms. The van der Waals surface area contributed by atoms with Crippen molar-refractivity contribution < 1.29 is 22.3 Å².